The minimum absolute atomic E-state index is 0.192. The summed E-state index contributed by atoms with van der Waals surface area (Å²) in [6, 6.07) is 0. The standard InChI is InChI=1S/C10H18O2/c1-6-7(2)10(8(3)12)4-9(6)5-11/h6-7,9-11H,4-5H2,1-3H3/t6-,7-,9+,10+/m0/s1. The molecule has 0 saturated heterocycles. The lowest BCUT2D eigenvalue weighted by Crippen LogP contribution is -2.16. The van der Waals surface area contributed by atoms with Crippen LogP contribution in [0.1, 0.15) is 27.2 Å². The van der Waals surface area contributed by atoms with Crippen molar-refractivity contribution in [2.45, 2.75) is 27.2 Å². The molecule has 1 fully saturated rings. The fourth-order valence-electron chi connectivity index (χ4n) is 2.33. The minimum Gasteiger partial charge on any atom is -0.396 e. The summed E-state index contributed by atoms with van der Waals surface area (Å²) in [6.07, 6.45) is 0.883. The summed E-state index contributed by atoms with van der Waals surface area (Å²) in [5.41, 5.74) is 0. The number of ketones is 1. The summed E-state index contributed by atoms with van der Waals surface area (Å²) in [5, 5.41) is 9.04. The molecular weight excluding hydrogens is 152 g/mol. The molecule has 0 aromatic rings. The largest absolute Gasteiger partial charge is 0.396 e. The predicted molar refractivity (Wildman–Crippen MR) is 47.7 cm³/mol. The van der Waals surface area contributed by atoms with Crippen LogP contribution in [0.15, 0.2) is 0 Å². The fraction of sp³-hybridized carbons (Fsp3) is 0.900. The van der Waals surface area contributed by atoms with Gasteiger partial charge in [0.1, 0.15) is 5.78 Å². The maximum absolute atomic E-state index is 11.2. The van der Waals surface area contributed by atoms with E-state index in [-0.39, 0.29) is 18.3 Å². The fourth-order valence-corrected chi connectivity index (χ4v) is 2.33. The Labute approximate surface area is 74.0 Å². The second-order valence-electron chi connectivity index (χ2n) is 4.11. The van der Waals surface area contributed by atoms with E-state index < -0.39 is 0 Å². The summed E-state index contributed by atoms with van der Waals surface area (Å²) in [6.45, 7) is 6.14. The summed E-state index contributed by atoms with van der Waals surface area (Å²) < 4.78 is 0. The Balaban J connectivity index is 2.66. The Bertz CT molecular complexity index is 177. The molecule has 70 valence electrons. The first-order chi connectivity index (χ1) is 5.57. The van der Waals surface area contributed by atoms with Crippen LogP contribution in [0.2, 0.25) is 0 Å². The minimum atomic E-state index is 0.192. The first-order valence-corrected chi connectivity index (χ1v) is 4.69. The van der Waals surface area contributed by atoms with Gasteiger partial charge in [0.15, 0.2) is 0 Å². The summed E-state index contributed by atoms with van der Waals surface area (Å²) in [4.78, 5) is 11.2. The van der Waals surface area contributed by atoms with Gasteiger partial charge in [0.2, 0.25) is 0 Å². The zero-order valence-corrected chi connectivity index (χ0v) is 8.08. The number of aliphatic hydroxyl groups is 1. The summed E-state index contributed by atoms with van der Waals surface area (Å²) in [5.74, 6) is 1.75. The summed E-state index contributed by atoms with van der Waals surface area (Å²) in [7, 11) is 0. The molecule has 1 aliphatic rings. The van der Waals surface area contributed by atoms with Crippen molar-refractivity contribution in [2.75, 3.05) is 6.61 Å². The molecule has 4 atom stereocenters. The van der Waals surface area contributed by atoms with E-state index in [0.29, 0.717) is 17.8 Å². The van der Waals surface area contributed by atoms with Crippen molar-refractivity contribution < 1.29 is 9.90 Å². The number of carbonyl (C=O) groups excluding carboxylic acids is 1. The molecule has 0 unspecified atom stereocenters. The van der Waals surface area contributed by atoms with Crippen molar-refractivity contribution >= 4 is 5.78 Å². The van der Waals surface area contributed by atoms with Crippen molar-refractivity contribution in [3.63, 3.8) is 0 Å². The van der Waals surface area contributed by atoms with Crippen molar-refractivity contribution in [3.8, 4) is 0 Å². The zero-order chi connectivity index (χ0) is 9.30. The third kappa shape index (κ3) is 1.53. The highest BCUT2D eigenvalue weighted by Crippen LogP contribution is 2.41. The Morgan fingerprint density at radius 1 is 1.42 bits per heavy atom. The smallest absolute Gasteiger partial charge is 0.133 e. The normalized spacial score (nSPS) is 41.7. The zero-order valence-electron chi connectivity index (χ0n) is 8.08. The maximum Gasteiger partial charge on any atom is 0.133 e. The van der Waals surface area contributed by atoms with E-state index in [0.717, 1.165) is 6.42 Å². The Hall–Kier alpha value is -0.370. The number of hydrogen-bond acceptors (Lipinski definition) is 2. The van der Waals surface area contributed by atoms with Crippen LogP contribution in [0.5, 0.6) is 0 Å². The van der Waals surface area contributed by atoms with Crippen LogP contribution in [0.3, 0.4) is 0 Å². The molecule has 1 rings (SSSR count). The highest BCUT2D eigenvalue weighted by Gasteiger charge is 2.39. The second kappa shape index (κ2) is 3.56. The number of carbonyl (C=O) groups is 1. The van der Waals surface area contributed by atoms with Crippen LogP contribution in [0, 0.1) is 23.7 Å². The first-order valence-electron chi connectivity index (χ1n) is 4.69. The van der Waals surface area contributed by atoms with E-state index >= 15 is 0 Å². The Morgan fingerprint density at radius 3 is 2.25 bits per heavy atom. The van der Waals surface area contributed by atoms with Gasteiger partial charge in [0.25, 0.3) is 0 Å². The number of hydrogen-bond donors (Lipinski definition) is 1. The molecule has 12 heavy (non-hydrogen) atoms. The Kier molecular flexibility index (Phi) is 2.89. The predicted octanol–water partition coefficient (Wildman–Crippen LogP) is 1.48. The van der Waals surface area contributed by atoms with Crippen molar-refractivity contribution in [1.82, 2.24) is 0 Å². The molecule has 0 aromatic heterocycles. The first kappa shape index (κ1) is 9.72. The van der Waals surface area contributed by atoms with Gasteiger partial charge in [0.05, 0.1) is 0 Å². The molecule has 1 saturated carbocycles. The average Bonchev–Trinajstić information content (AvgIpc) is 2.30. The van der Waals surface area contributed by atoms with Crippen LogP contribution >= 0.6 is 0 Å². The van der Waals surface area contributed by atoms with Gasteiger partial charge in [0, 0.05) is 12.5 Å². The van der Waals surface area contributed by atoms with Gasteiger partial charge in [-0.1, -0.05) is 13.8 Å². The van der Waals surface area contributed by atoms with E-state index in [1.54, 1.807) is 6.92 Å². The summed E-state index contributed by atoms with van der Waals surface area (Å²) >= 11 is 0. The van der Waals surface area contributed by atoms with Gasteiger partial charge in [-0.3, -0.25) is 4.79 Å². The maximum atomic E-state index is 11.2. The molecule has 0 aromatic carbocycles. The number of aliphatic hydroxyl groups excluding tert-OH is 1. The topological polar surface area (TPSA) is 37.3 Å². The van der Waals surface area contributed by atoms with Gasteiger partial charge in [-0.25, -0.2) is 0 Å². The average molecular weight is 170 g/mol. The SMILES string of the molecule is CC(=O)[C@@H]1C[C@H](CO)[C@@H](C)[C@@H]1C. The van der Waals surface area contributed by atoms with Gasteiger partial charge >= 0.3 is 0 Å². The van der Waals surface area contributed by atoms with Crippen molar-refractivity contribution in [1.29, 1.82) is 0 Å². The lowest BCUT2D eigenvalue weighted by atomic mass is 9.89. The molecule has 0 aliphatic heterocycles. The highest BCUT2D eigenvalue weighted by atomic mass is 16.3. The van der Waals surface area contributed by atoms with E-state index in [1.807, 2.05) is 0 Å². The van der Waals surface area contributed by atoms with Crippen molar-refractivity contribution in [2.24, 2.45) is 23.7 Å². The quantitative estimate of drug-likeness (QED) is 0.681. The molecule has 0 bridgehead atoms. The van der Waals surface area contributed by atoms with Crippen LogP contribution < -0.4 is 0 Å². The molecule has 2 heteroatoms. The van der Waals surface area contributed by atoms with E-state index in [4.69, 9.17) is 5.11 Å². The van der Waals surface area contributed by atoms with Crippen LogP contribution in [-0.2, 0) is 4.79 Å². The molecule has 2 nitrogen and oxygen atoms in total. The third-order valence-electron chi connectivity index (χ3n) is 3.52. The highest BCUT2D eigenvalue weighted by molar-refractivity contribution is 5.78. The van der Waals surface area contributed by atoms with Gasteiger partial charge < -0.3 is 5.11 Å². The van der Waals surface area contributed by atoms with Gasteiger partial charge in [-0.15, -0.1) is 0 Å². The third-order valence-corrected chi connectivity index (χ3v) is 3.52. The van der Waals surface area contributed by atoms with Crippen LogP contribution in [0.4, 0.5) is 0 Å². The number of Topliss-reactive ketones (excluding diaryl/α,β-unsaturated/α-hetero) is 1. The monoisotopic (exact) mass is 170 g/mol. The molecule has 1 aliphatic carbocycles. The molecule has 0 heterocycles. The molecule has 0 amide bonds. The Morgan fingerprint density at radius 2 is 2.00 bits per heavy atom. The van der Waals surface area contributed by atoms with Gasteiger partial charge in [-0.05, 0) is 31.1 Å². The van der Waals surface area contributed by atoms with E-state index in [9.17, 15) is 4.79 Å². The molecular formula is C10H18O2. The number of rotatable bonds is 2. The van der Waals surface area contributed by atoms with Gasteiger partial charge in [-0.2, -0.15) is 0 Å². The molecule has 0 spiro atoms. The lowest BCUT2D eigenvalue weighted by molar-refractivity contribution is -0.121. The van der Waals surface area contributed by atoms with E-state index in [1.165, 1.54) is 0 Å². The molecule has 1 N–H and O–H groups in total. The van der Waals surface area contributed by atoms with Crippen molar-refractivity contribution in [3.05, 3.63) is 0 Å². The lowest BCUT2D eigenvalue weighted by Gasteiger charge is -2.16. The van der Waals surface area contributed by atoms with Crippen LogP contribution in [-0.4, -0.2) is 17.5 Å². The van der Waals surface area contributed by atoms with E-state index in [2.05, 4.69) is 13.8 Å². The second-order valence-corrected chi connectivity index (χ2v) is 4.11. The molecule has 0 radical (unpaired) electrons. The van der Waals surface area contributed by atoms with Crippen LogP contribution in [0.25, 0.3) is 0 Å².